The molecule has 0 fully saturated rings. The number of hydrogen-bond acceptors (Lipinski definition) is 4. The summed E-state index contributed by atoms with van der Waals surface area (Å²) >= 11 is 6.27. The van der Waals surface area contributed by atoms with Gasteiger partial charge in [-0.3, -0.25) is 0 Å². The van der Waals surface area contributed by atoms with Crippen LogP contribution in [-0.2, 0) is 0 Å². The molecule has 1 aromatic carbocycles. The molecule has 0 atom stereocenters. The molecular weight excluding hydrogens is 250 g/mol. The number of nitrogens with zero attached hydrogens (tertiary/aromatic N) is 2. The summed E-state index contributed by atoms with van der Waals surface area (Å²) < 4.78 is 5.40. The number of aromatic nitrogens is 2. The lowest BCUT2D eigenvalue weighted by Crippen LogP contribution is -1.99. The summed E-state index contributed by atoms with van der Waals surface area (Å²) in [7, 11) is 1.62. The first-order chi connectivity index (χ1) is 8.54. The number of hydrogen-bond donors (Lipinski definition) is 1. The fourth-order valence-corrected chi connectivity index (χ4v) is 2.06. The second-order valence-electron chi connectivity index (χ2n) is 4.01. The Morgan fingerprint density at radius 1 is 1.33 bits per heavy atom. The molecule has 94 valence electrons. The highest BCUT2D eigenvalue weighted by molar-refractivity contribution is 6.32. The van der Waals surface area contributed by atoms with Crippen molar-refractivity contribution < 1.29 is 4.74 Å². The van der Waals surface area contributed by atoms with E-state index in [0.29, 0.717) is 10.7 Å². The predicted molar refractivity (Wildman–Crippen MR) is 72.9 cm³/mol. The smallest absolute Gasteiger partial charge is 0.220 e. The van der Waals surface area contributed by atoms with Crippen LogP contribution in [0.5, 0.6) is 5.75 Å². The maximum absolute atomic E-state index is 6.27. The third-order valence-corrected chi connectivity index (χ3v) is 3.38. The second-order valence-corrected chi connectivity index (χ2v) is 4.39. The first-order valence-electron chi connectivity index (χ1n) is 5.47. The third-order valence-electron chi connectivity index (χ3n) is 2.79. The number of nitrogens with two attached hydrogens (primary N) is 1. The first kappa shape index (κ1) is 12.6. The Morgan fingerprint density at radius 3 is 2.67 bits per heavy atom. The van der Waals surface area contributed by atoms with E-state index in [1.165, 1.54) is 0 Å². The van der Waals surface area contributed by atoms with Crippen molar-refractivity contribution >= 4 is 17.5 Å². The molecule has 0 amide bonds. The molecule has 1 heterocycles. The molecule has 0 aliphatic heterocycles. The highest BCUT2D eigenvalue weighted by atomic mass is 35.5. The van der Waals surface area contributed by atoms with E-state index in [-0.39, 0.29) is 5.95 Å². The molecule has 0 radical (unpaired) electrons. The van der Waals surface area contributed by atoms with Gasteiger partial charge in [0.05, 0.1) is 12.8 Å². The maximum Gasteiger partial charge on any atom is 0.220 e. The fraction of sp³-hybridized carbons (Fsp3) is 0.231. The Morgan fingerprint density at radius 2 is 2.06 bits per heavy atom. The summed E-state index contributed by atoms with van der Waals surface area (Å²) in [4.78, 5) is 8.10. The Bertz CT molecular complexity index is 599. The highest BCUT2D eigenvalue weighted by Gasteiger charge is 2.15. The molecule has 5 heteroatoms. The third kappa shape index (κ3) is 2.11. The molecule has 0 spiro atoms. The maximum atomic E-state index is 6.27. The van der Waals surface area contributed by atoms with Gasteiger partial charge in [0.1, 0.15) is 5.75 Å². The number of ether oxygens (including phenoxy) is 1. The lowest BCUT2D eigenvalue weighted by molar-refractivity contribution is 0.415. The summed E-state index contributed by atoms with van der Waals surface area (Å²) in [6.45, 7) is 3.88. The lowest BCUT2D eigenvalue weighted by Gasteiger charge is -2.14. The number of benzene rings is 1. The zero-order chi connectivity index (χ0) is 13.3. The average Bonchev–Trinajstić information content (AvgIpc) is 2.35. The molecule has 4 nitrogen and oxygen atoms in total. The summed E-state index contributed by atoms with van der Waals surface area (Å²) in [6.07, 6.45) is 1.62. The van der Waals surface area contributed by atoms with Crippen LogP contribution in [0.2, 0.25) is 5.02 Å². The van der Waals surface area contributed by atoms with E-state index in [0.717, 1.165) is 22.4 Å². The minimum absolute atomic E-state index is 0.227. The molecule has 0 unspecified atom stereocenters. The van der Waals surface area contributed by atoms with Gasteiger partial charge in [-0.2, -0.15) is 0 Å². The highest BCUT2D eigenvalue weighted by Crippen LogP contribution is 2.37. The Balaban J connectivity index is 2.73. The van der Waals surface area contributed by atoms with E-state index in [1.54, 1.807) is 19.4 Å². The molecule has 1 aromatic heterocycles. The van der Waals surface area contributed by atoms with Crippen molar-refractivity contribution in [3.63, 3.8) is 0 Å². The lowest BCUT2D eigenvalue weighted by atomic mass is 10.0. The summed E-state index contributed by atoms with van der Waals surface area (Å²) in [5.74, 6) is 0.957. The predicted octanol–water partition coefficient (Wildman–Crippen LogP) is 3.00. The summed E-state index contributed by atoms with van der Waals surface area (Å²) in [6, 6.07) is 3.68. The number of aryl methyl sites for hydroxylation is 1. The quantitative estimate of drug-likeness (QED) is 0.905. The van der Waals surface area contributed by atoms with Crippen molar-refractivity contribution in [2.45, 2.75) is 13.8 Å². The van der Waals surface area contributed by atoms with Crippen molar-refractivity contribution in [2.75, 3.05) is 12.8 Å². The standard InChI is InChI=1S/C13H14ClN3O/c1-7-6-10(18-3)11(8(2)12(7)14)9-4-5-16-13(15)17-9/h4-6H,1-3H3,(H2,15,16,17). The van der Waals surface area contributed by atoms with E-state index < -0.39 is 0 Å². The topological polar surface area (TPSA) is 61.0 Å². The summed E-state index contributed by atoms with van der Waals surface area (Å²) in [5, 5.41) is 0.711. The van der Waals surface area contributed by atoms with E-state index in [9.17, 15) is 0 Å². The van der Waals surface area contributed by atoms with E-state index in [4.69, 9.17) is 22.1 Å². The van der Waals surface area contributed by atoms with Gasteiger partial charge in [0, 0.05) is 16.8 Å². The normalized spacial score (nSPS) is 10.4. The number of methoxy groups -OCH3 is 1. The summed E-state index contributed by atoms with van der Waals surface area (Å²) in [5.41, 5.74) is 9.06. The molecule has 2 aromatic rings. The molecule has 0 bridgehead atoms. The van der Waals surface area contributed by atoms with Crippen molar-refractivity contribution in [1.29, 1.82) is 0 Å². The van der Waals surface area contributed by atoms with Crippen molar-refractivity contribution in [3.05, 3.63) is 34.5 Å². The number of anilines is 1. The van der Waals surface area contributed by atoms with Gasteiger partial charge >= 0.3 is 0 Å². The van der Waals surface area contributed by atoms with Crippen LogP contribution in [0.3, 0.4) is 0 Å². The second kappa shape index (κ2) is 4.82. The molecular formula is C13H14ClN3O. The molecule has 0 saturated carbocycles. The minimum Gasteiger partial charge on any atom is -0.496 e. The van der Waals surface area contributed by atoms with Crippen LogP contribution in [0.4, 0.5) is 5.95 Å². The Labute approximate surface area is 111 Å². The van der Waals surface area contributed by atoms with Gasteiger partial charge in [0.25, 0.3) is 0 Å². The fourth-order valence-electron chi connectivity index (χ4n) is 1.91. The monoisotopic (exact) mass is 263 g/mol. The number of rotatable bonds is 2. The van der Waals surface area contributed by atoms with Gasteiger partial charge in [-0.15, -0.1) is 0 Å². The van der Waals surface area contributed by atoms with Gasteiger partial charge in [-0.1, -0.05) is 11.6 Å². The number of halogens is 1. The van der Waals surface area contributed by atoms with Crippen molar-refractivity contribution in [1.82, 2.24) is 9.97 Å². The minimum atomic E-state index is 0.227. The number of nitrogen functional groups attached to an aromatic ring is 1. The molecule has 0 saturated heterocycles. The van der Waals surface area contributed by atoms with Crippen LogP contribution >= 0.6 is 11.6 Å². The van der Waals surface area contributed by atoms with E-state index in [2.05, 4.69) is 9.97 Å². The zero-order valence-corrected chi connectivity index (χ0v) is 11.2. The Hall–Kier alpha value is -1.81. The van der Waals surface area contributed by atoms with Crippen molar-refractivity contribution in [3.8, 4) is 17.0 Å². The SMILES string of the molecule is COc1cc(C)c(Cl)c(C)c1-c1ccnc(N)n1. The first-order valence-corrected chi connectivity index (χ1v) is 5.85. The molecule has 2 rings (SSSR count). The molecule has 18 heavy (non-hydrogen) atoms. The van der Waals surface area contributed by atoms with E-state index >= 15 is 0 Å². The van der Waals surface area contributed by atoms with Crippen LogP contribution in [-0.4, -0.2) is 17.1 Å². The van der Waals surface area contributed by atoms with E-state index in [1.807, 2.05) is 19.9 Å². The van der Waals surface area contributed by atoms with Crippen LogP contribution in [0.1, 0.15) is 11.1 Å². The van der Waals surface area contributed by atoms with Crippen LogP contribution in [0.25, 0.3) is 11.3 Å². The zero-order valence-electron chi connectivity index (χ0n) is 10.5. The van der Waals surface area contributed by atoms with Gasteiger partial charge < -0.3 is 10.5 Å². The van der Waals surface area contributed by atoms with Crippen LogP contribution < -0.4 is 10.5 Å². The molecule has 2 N–H and O–H groups in total. The average molecular weight is 264 g/mol. The molecule has 0 aliphatic rings. The molecule has 0 aliphatic carbocycles. The van der Waals surface area contributed by atoms with Gasteiger partial charge in [0.2, 0.25) is 5.95 Å². The van der Waals surface area contributed by atoms with Gasteiger partial charge in [-0.05, 0) is 37.1 Å². The van der Waals surface area contributed by atoms with Gasteiger partial charge in [-0.25, -0.2) is 9.97 Å². The van der Waals surface area contributed by atoms with Gasteiger partial charge in [0.15, 0.2) is 0 Å². The van der Waals surface area contributed by atoms with Crippen LogP contribution in [0, 0.1) is 13.8 Å². The van der Waals surface area contributed by atoms with Crippen LogP contribution in [0.15, 0.2) is 18.3 Å². The largest absolute Gasteiger partial charge is 0.496 e. The Kier molecular flexibility index (Phi) is 3.39. The van der Waals surface area contributed by atoms with Crippen molar-refractivity contribution in [2.24, 2.45) is 0 Å².